The Hall–Kier alpha value is -1.76. The fourth-order valence-electron chi connectivity index (χ4n) is 2.59. The number of alkyl halides is 3. The summed E-state index contributed by atoms with van der Waals surface area (Å²) in [4.78, 5) is 16.0. The standard InChI is InChI=1S/C17H23F3N2O2/c1-3-4-11-24-16(23)14-6-5-13(12-15(14)17(18,19)20)22-9-7-21(2)8-10-22/h5-6,12H,3-4,7-11H2,1-2H3. The van der Waals surface area contributed by atoms with E-state index in [1.165, 1.54) is 6.07 Å². The van der Waals surface area contributed by atoms with Crippen LogP contribution in [0.1, 0.15) is 35.7 Å². The molecular weight excluding hydrogens is 321 g/mol. The van der Waals surface area contributed by atoms with Crippen LogP contribution in [0.5, 0.6) is 0 Å². The van der Waals surface area contributed by atoms with Gasteiger partial charge in [-0.25, -0.2) is 4.79 Å². The van der Waals surface area contributed by atoms with E-state index in [4.69, 9.17) is 4.74 Å². The van der Waals surface area contributed by atoms with Crippen LogP contribution in [-0.4, -0.2) is 50.7 Å². The van der Waals surface area contributed by atoms with Crippen molar-refractivity contribution in [1.29, 1.82) is 0 Å². The van der Waals surface area contributed by atoms with Crippen LogP contribution in [0.2, 0.25) is 0 Å². The van der Waals surface area contributed by atoms with E-state index in [0.29, 0.717) is 25.2 Å². The van der Waals surface area contributed by atoms with Crippen LogP contribution in [0.25, 0.3) is 0 Å². The molecule has 1 aliphatic heterocycles. The number of hydrogen-bond acceptors (Lipinski definition) is 4. The quantitative estimate of drug-likeness (QED) is 0.605. The molecule has 1 fully saturated rings. The zero-order valence-electron chi connectivity index (χ0n) is 14.0. The summed E-state index contributed by atoms with van der Waals surface area (Å²) in [5, 5.41) is 0. The second-order valence-electron chi connectivity index (χ2n) is 6.01. The number of halogens is 3. The molecule has 0 aromatic heterocycles. The molecular formula is C17H23F3N2O2. The molecule has 1 aromatic carbocycles. The van der Waals surface area contributed by atoms with Gasteiger partial charge in [-0.2, -0.15) is 13.2 Å². The van der Waals surface area contributed by atoms with Gasteiger partial charge in [-0.05, 0) is 31.7 Å². The molecule has 134 valence electrons. The highest BCUT2D eigenvalue weighted by Crippen LogP contribution is 2.35. The van der Waals surface area contributed by atoms with Gasteiger partial charge in [0, 0.05) is 31.9 Å². The van der Waals surface area contributed by atoms with Crippen molar-refractivity contribution in [2.24, 2.45) is 0 Å². The first-order valence-electron chi connectivity index (χ1n) is 8.14. The van der Waals surface area contributed by atoms with Gasteiger partial charge in [0.1, 0.15) is 0 Å². The minimum Gasteiger partial charge on any atom is -0.462 e. The van der Waals surface area contributed by atoms with Crippen LogP contribution in [0.15, 0.2) is 18.2 Å². The zero-order chi connectivity index (χ0) is 17.7. The largest absolute Gasteiger partial charge is 0.462 e. The van der Waals surface area contributed by atoms with Crippen LogP contribution in [-0.2, 0) is 10.9 Å². The van der Waals surface area contributed by atoms with Crippen molar-refractivity contribution >= 4 is 11.7 Å². The molecule has 0 saturated carbocycles. The SMILES string of the molecule is CCCCOC(=O)c1ccc(N2CCN(C)CC2)cc1C(F)(F)F. The van der Waals surface area contributed by atoms with Crippen LogP contribution < -0.4 is 4.90 Å². The van der Waals surface area contributed by atoms with Gasteiger partial charge >= 0.3 is 12.1 Å². The number of benzene rings is 1. The number of likely N-dealkylation sites (N-methyl/N-ethyl adjacent to an activating group) is 1. The van der Waals surface area contributed by atoms with E-state index in [0.717, 1.165) is 25.6 Å². The molecule has 0 spiro atoms. The zero-order valence-corrected chi connectivity index (χ0v) is 14.0. The molecule has 1 saturated heterocycles. The molecule has 24 heavy (non-hydrogen) atoms. The van der Waals surface area contributed by atoms with Crippen molar-refractivity contribution in [3.8, 4) is 0 Å². The van der Waals surface area contributed by atoms with Crippen LogP contribution in [0.3, 0.4) is 0 Å². The number of esters is 1. The topological polar surface area (TPSA) is 32.8 Å². The third-order valence-electron chi connectivity index (χ3n) is 4.13. The first-order valence-corrected chi connectivity index (χ1v) is 8.14. The van der Waals surface area contributed by atoms with Gasteiger partial charge in [0.2, 0.25) is 0 Å². The number of unbranched alkanes of at least 4 members (excludes halogenated alkanes) is 1. The van der Waals surface area contributed by atoms with E-state index in [1.54, 1.807) is 6.07 Å². The van der Waals surface area contributed by atoms with Crippen molar-refractivity contribution in [3.63, 3.8) is 0 Å². The summed E-state index contributed by atoms with van der Waals surface area (Å²) < 4.78 is 45.1. The Balaban J connectivity index is 2.24. The van der Waals surface area contributed by atoms with Crippen LogP contribution in [0, 0.1) is 0 Å². The van der Waals surface area contributed by atoms with Crippen molar-refractivity contribution in [2.75, 3.05) is 44.7 Å². The average Bonchev–Trinajstić information content (AvgIpc) is 2.54. The molecule has 1 aliphatic rings. The molecule has 0 radical (unpaired) electrons. The van der Waals surface area contributed by atoms with E-state index >= 15 is 0 Å². The molecule has 1 aromatic rings. The Kier molecular flexibility index (Phi) is 6.10. The Morgan fingerprint density at radius 2 is 1.88 bits per heavy atom. The number of piperazine rings is 1. The summed E-state index contributed by atoms with van der Waals surface area (Å²) in [6.45, 7) is 4.96. The monoisotopic (exact) mass is 344 g/mol. The summed E-state index contributed by atoms with van der Waals surface area (Å²) in [6.07, 6.45) is -3.16. The number of carbonyl (C=O) groups excluding carboxylic acids is 1. The van der Waals surface area contributed by atoms with Crippen molar-refractivity contribution in [2.45, 2.75) is 25.9 Å². The van der Waals surface area contributed by atoms with Crippen LogP contribution in [0.4, 0.5) is 18.9 Å². The average molecular weight is 344 g/mol. The van der Waals surface area contributed by atoms with E-state index in [-0.39, 0.29) is 6.61 Å². The number of carbonyl (C=O) groups is 1. The molecule has 1 heterocycles. The van der Waals surface area contributed by atoms with Crippen molar-refractivity contribution in [3.05, 3.63) is 29.3 Å². The second kappa shape index (κ2) is 7.88. The maximum Gasteiger partial charge on any atom is 0.417 e. The van der Waals surface area contributed by atoms with E-state index in [2.05, 4.69) is 4.90 Å². The van der Waals surface area contributed by atoms with E-state index in [9.17, 15) is 18.0 Å². The molecule has 0 bridgehead atoms. The molecule has 0 unspecified atom stereocenters. The van der Waals surface area contributed by atoms with Gasteiger partial charge in [0.05, 0.1) is 17.7 Å². The third kappa shape index (κ3) is 4.63. The molecule has 0 atom stereocenters. The third-order valence-corrected chi connectivity index (χ3v) is 4.13. The maximum atomic E-state index is 13.4. The molecule has 0 amide bonds. The normalized spacial score (nSPS) is 16.3. The summed E-state index contributed by atoms with van der Waals surface area (Å²) >= 11 is 0. The fraction of sp³-hybridized carbons (Fsp3) is 0.588. The lowest BCUT2D eigenvalue weighted by molar-refractivity contribution is -0.138. The summed E-state index contributed by atoms with van der Waals surface area (Å²) in [5.74, 6) is -0.916. The summed E-state index contributed by atoms with van der Waals surface area (Å²) in [6, 6.07) is 3.85. The van der Waals surface area contributed by atoms with E-state index < -0.39 is 23.3 Å². The number of anilines is 1. The lowest BCUT2D eigenvalue weighted by Gasteiger charge is -2.34. The highest BCUT2D eigenvalue weighted by Gasteiger charge is 2.36. The van der Waals surface area contributed by atoms with Gasteiger partial charge < -0.3 is 14.5 Å². The van der Waals surface area contributed by atoms with Gasteiger partial charge in [-0.3, -0.25) is 0 Å². The predicted octanol–water partition coefficient (Wildman–Crippen LogP) is 3.41. The summed E-state index contributed by atoms with van der Waals surface area (Å²) in [7, 11) is 1.98. The minimum absolute atomic E-state index is 0.132. The number of hydrogen-bond donors (Lipinski definition) is 0. The fourth-order valence-corrected chi connectivity index (χ4v) is 2.59. The highest BCUT2D eigenvalue weighted by molar-refractivity contribution is 5.92. The van der Waals surface area contributed by atoms with Gasteiger partial charge in [-0.1, -0.05) is 13.3 Å². The first kappa shape index (κ1) is 18.6. The second-order valence-corrected chi connectivity index (χ2v) is 6.01. The number of nitrogens with zero attached hydrogens (tertiary/aromatic N) is 2. The lowest BCUT2D eigenvalue weighted by Crippen LogP contribution is -2.44. The Bertz CT molecular complexity index is 567. The molecule has 7 heteroatoms. The first-order chi connectivity index (χ1) is 11.3. The lowest BCUT2D eigenvalue weighted by atomic mass is 10.0. The molecule has 2 rings (SSSR count). The number of rotatable bonds is 5. The Morgan fingerprint density at radius 3 is 2.46 bits per heavy atom. The molecule has 0 N–H and O–H groups in total. The van der Waals surface area contributed by atoms with Gasteiger partial charge in [-0.15, -0.1) is 0 Å². The van der Waals surface area contributed by atoms with Crippen molar-refractivity contribution < 1.29 is 22.7 Å². The van der Waals surface area contributed by atoms with Gasteiger partial charge in [0.25, 0.3) is 0 Å². The number of ether oxygens (including phenoxy) is 1. The predicted molar refractivity (Wildman–Crippen MR) is 86.3 cm³/mol. The van der Waals surface area contributed by atoms with E-state index in [1.807, 2.05) is 18.9 Å². The Labute approximate surface area is 140 Å². The highest BCUT2D eigenvalue weighted by atomic mass is 19.4. The maximum absolute atomic E-state index is 13.4. The molecule has 0 aliphatic carbocycles. The Morgan fingerprint density at radius 1 is 1.21 bits per heavy atom. The minimum atomic E-state index is -4.60. The van der Waals surface area contributed by atoms with Crippen LogP contribution >= 0.6 is 0 Å². The smallest absolute Gasteiger partial charge is 0.417 e. The summed E-state index contributed by atoms with van der Waals surface area (Å²) in [5.41, 5.74) is -0.863. The molecule has 4 nitrogen and oxygen atoms in total. The van der Waals surface area contributed by atoms with Crippen molar-refractivity contribution in [1.82, 2.24) is 4.90 Å². The van der Waals surface area contributed by atoms with Gasteiger partial charge in [0.15, 0.2) is 0 Å².